The number of nitrogens with one attached hydrogen (secondary N) is 2. The van der Waals surface area contributed by atoms with Gasteiger partial charge in [-0.3, -0.25) is 4.79 Å². The molecule has 0 aromatic heterocycles. The highest BCUT2D eigenvalue weighted by atomic mass is 32.2. The van der Waals surface area contributed by atoms with Gasteiger partial charge in [0.1, 0.15) is 0 Å². The van der Waals surface area contributed by atoms with Gasteiger partial charge in [0.25, 0.3) is 0 Å². The molecule has 0 bridgehead atoms. The van der Waals surface area contributed by atoms with Gasteiger partial charge in [0.2, 0.25) is 5.91 Å². The van der Waals surface area contributed by atoms with E-state index in [-0.39, 0.29) is 23.6 Å². The molecule has 1 heterocycles. The van der Waals surface area contributed by atoms with Gasteiger partial charge in [-0.05, 0) is 44.5 Å². The second kappa shape index (κ2) is 7.74. The fourth-order valence-corrected chi connectivity index (χ4v) is 4.27. The number of amides is 1. The predicted octanol–water partition coefficient (Wildman–Crippen LogP) is 1.35. The normalized spacial score (nSPS) is 17.9. The maximum atomic E-state index is 12.4. The van der Waals surface area contributed by atoms with Gasteiger partial charge in [0.15, 0.2) is 9.84 Å². The minimum Gasteiger partial charge on any atom is -0.352 e. The summed E-state index contributed by atoms with van der Waals surface area (Å²) in [5.74, 6) is -0.0733. The Balaban J connectivity index is 1.98. The summed E-state index contributed by atoms with van der Waals surface area (Å²) in [6.45, 7) is 3.59. The van der Waals surface area contributed by atoms with Crippen molar-refractivity contribution in [3.05, 3.63) is 30.3 Å². The predicted molar refractivity (Wildman–Crippen MR) is 86.3 cm³/mol. The van der Waals surface area contributed by atoms with Crippen molar-refractivity contribution in [3.63, 3.8) is 0 Å². The van der Waals surface area contributed by atoms with E-state index in [1.807, 2.05) is 6.92 Å². The van der Waals surface area contributed by atoms with Gasteiger partial charge in [-0.25, -0.2) is 8.42 Å². The monoisotopic (exact) mass is 324 g/mol. The Kier molecular flexibility index (Phi) is 5.97. The van der Waals surface area contributed by atoms with Crippen LogP contribution in [0.25, 0.3) is 0 Å². The number of hydrogen-bond acceptors (Lipinski definition) is 4. The standard InChI is InChI=1S/C16H24N2O3S/c1-2-14(18-16(19)13-8-10-17-11-9-13)12-22(20,21)15-6-4-3-5-7-15/h3-7,13-14,17H,2,8-12H2,1H3,(H,18,19). The third-order valence-corrected chi connectivity index (χ3v) is 5.90. The molecule has 0 radical (unpaired) electrons. The van der Waals surface area contributed by atoms with E-state index in [1.54, 1.807) is 30.3 Å². The zero-order chi connectivity index (χ0) is 16.0. The SMILES string of the molecule is CCC(CS(=O)(=O)c1ccccc1)NC(=O)C1CCNCC1. The topological polar surface area (TPSA) is 75.3 Å². The van der Waals surface area contributed by atoms with Crippen LogP contribution in [0.15, 0.2) is 35.2 Å². The molecule has 1 aliphatic rings. The van der Waals surface area contributed by atoms with Crippen LogP contribution in [0, 0.1) is 5.92 Å². The van der Waals surface area contributed by atoms with E-state index >= 15 is 0 Å². The number of carbonyl (C=O) groups is 1. The largest absolute Gasteiger partial charge is 0.352 e. The summed E-state index contributed by atoms with van der Waals surface area (Å²) < 4.78 is 24.8. The first kappa shape index (κ1) is 17.0. The third-order valence-electron chi connectivity index (χ3n) is 4.07. The molecule has 122 valence electrons. The van der Waals surface area contributed by atoms with Crippen molar-refractivity contribution >= 4 is 15.7 Å². The molecule has 0 saturated carbocycles. The lowest BCUT2D eigenvalue weighted by Gasteiger charge is -2.25. The zero-order valence-electron chi connectivity index (χ0n) is 12.9. The maximum absolute atomic E-state index is 12.4. The summed E-state index contributed by atoms with van der Waals surface area (Å²) in [5, 5.41) is 6.14. The summed E-state index contributed by atoms with van der Waals surface area (Å²) >= 11 is 0. The Bertz CT molecular complexity index is 581. The van der Waals surface area contributed by atoms with Crippen molar-refractivity contribution in [1.82, 2.24) is 10.6 Å². The first-order valence-corrected chi connectivity index (χ1v) is 9.47. The van der Waals surface area contributed by atoms with Crippen molar-refractivity contribution < 1.29 is 13.2 Å². The Labute approximate surface area is 132 Å². The van der Waals surface area contributed by atoms with Crippen LogP contribution in [0.3, 0.4) is 0 Å². The van der Waals surface area contributed by atoms with E-state index in [2.05, 4.69) is 10.6 Å². The highest BCUT2D eigenvalue weighted by Crippen LogP contribution is 2.15. The van der Waals surface area contributed by atoms with Crippen LogP contribution in [-0.4, -0.2) is 39.2 Å². The lowest BCUT2D eigenvalue weighted by Crippen LogP contribution is -2.45. The van der Waals surface area contributed by atoms with Crippen molar-refractivity contribution in [2.24, 2.45) is 5.92 Å². The fourth-order valence-electron chi connectivity index (χ4n) is 2.65. The summed E-state index contributed by atoms with van der Waals surface area (Å²) in [6.07, 6.45) is 2.23. The molecule has 1 atom stereocenters. The molecule has 1 aromatic rings. The van der Waals surface area contributed by atoms with Crippen molar-refractivity contribution in [2.75, 3.05) is 18.8 Å². The molecular weight excluding hydrogens is 300 g/mol. The molecule has 1 aliphatic heterocycles. The molecule has 1 saturated heterocycles. The molecule has 0 spiro atoms. The Morgan fingerprint density at radius 2 is 1.91 bits per heavy atom. The number of carbonyl (C=O) groups excluding carboxylic acids is 1. The lowest BCUT2D eigenvalue weighted by molar-refractivity contribution is -0.126. The zero-order valence-corrected chi connectivity index (χ0v) is 13.7. The Morgan fingerprint density at radius 1 is 1.27 bits per heavy atom. The molecule has 1 fully saturated rings. The molecule has 0 aliphatic carbocycles. The van der Waals surface area contributed by atoms with Gasteiger partial charge < -0.3 is 10.6 Å². The van der Waals surface area contributed by atoms with Gasteiger partial charge in [0.05, 0.1) is 10.6 Å². The van der Waals surface area contributed by atoms with E-state index in [9.17, 15) is 13.2 Å². The number of rotatable bonds is 6. The van der Waals surface area contributed by atoms with Crippen molar-refractivity contribution in [3.8, 4) is 0 Å². The first-order chi connectivity index (χ1) is 10.5. The van der Waals surface area contributed by atoms with Crippen molar-refractivity contribution in [1.29, 1.82) is 0 Å². The lowest BCUT2D eigenvalue weighted by atomic mass is 9.97. The van der Waals surface area contributed by atoms with E-state index in [4.69, 9.17) is 0 Å². The van der Waals surface area contributed by atoms with Crippen molar-refractivity contribution in [2.45, 2.75) is 37.1 Å². The van der Waals surface area contributed by atoms with Gasteiger partial charge in [-0.1, -0.05) is 25.1 Å². The Morgan fingerprint density at radius 3 is 2.50 bits per heavy atom. The average Bonchev–Trinajstić information content (AvgIpc) is 2.55. The second-order valence-corrected chi connectivity index (χ2v) is 7.77. The van der Waals surface area contributed by atoms with E-state index < -0.39 is 9.84 Å². The van der Waals surface area contributed by atoms with Crippen LogP contribution in [-0.2, 0) is 14.6 Å². The summed E-state index contributed by atoms with van der Waals surface area (Å²) in [7, 11) is -3.38. The van der Waals surface area contributed by atoms with Crippen LogP contribution in [0.5, 0.6) is 0 Å². The van der Waals surface area contributed by atoms with Crippen LogP contribution in [0.1, 0.15) is 26.2 Å². The molecule has 2 rings (SSSR count). The summed E-state index contributed by atoms with van der Waals surface area (Å²) in [5.41, 5.74) is 0. The second-order valence-electron chi connectivity index (χ2n) is 5.73. The molecule has 22 heavy (non-hydrogen) atoms. The van der Waals surface area contributed by atoms with E-state index in [1.165, 1.54) is 0 Å². The molecule has 2 N–H and O–H groups in total. The van der Waals surface area contributed by atoms with Gasteiger partial charge >= 0.3 is 0 Å². The van der Waals surface area contributed by atoms with Gasteiger partial charge in [-0.15, -0.1) is 0 Å². The number of hydrogen-bond donors (Lipinski definition) is 2. The Hall–Kier alpha value is -1.40. The quantitative estimate of drug-likeness (QED) is 0.828. The van der Waals surface area contributed by atoms with E-state index in [0.717, 1.165) is 25.9 Å². The summed E-state index contributed by atoms with van der Waals surface area (Å²) in [4.78, 5) is 12.6. The minimum absolute atomic E-state index is 0.00488. The highest BCUT2D eigenvalue weighted by Gasteiger charge is 2.26. The number of sulfone groups is 1. The fraction of sp³-hybridized carbons (Fsp3) is 0.562. The molecule has 6 heteroatoms. The smallest absolute Gasteiger partial charge is 0.223 e. The summed E-state index contributed by atoms with van der Waals surface area (Å²) in [6, 6.07) is 8.05. The number of benzene rings is 1. The molecule has 5 nitrogen and oxygen atoms in total. The molecular formula is C16H24N2O3S. The van der Waals surface area contributed by atoms with E-state index in [0.29, 0.717) is 11.3 Å². The number of piperidine rings is 1. The van der Waals surface area contributed by atoms with Crippen LogP contribution in [0.2, 0.25) is 0 Å². The van der Waals surface area contributed by atoms with Crippen LogP contribution in [0.4, 0.5) is 0 Å². The molecule has 1 aromatic carbocycles. The highest BCUT2D eigenvalue weighted by molar-refractivity contribution is 7.91. The first-order valence-electron chi connectivity index (χ1n) is 7.82. The average molecular weight is 324 g/mol. The van der Waals surface area contributed by atoms with Gasteiger partial charge in [0, 0.05) is 12.0 Å². The minimum atomic E-state index is -3.38. The molecule has 1 amide bonds. The molecule has 1 unspecified atom stereocenters. The third kappa shape index (κ3) is 4.55. The van der Waals surface area contributed by atoms with Crippen LogP contribution >= 0.6 is 0 Å². The van der Waals surface area contributed by atoms with Gasteiger partial charge in [-0.2, -0.15) is 0 Å². The maximum Gasteiger partial charge on any atom is 0.223 e. The van der Waals surface area contributed by atoms with Crippen LogP contribution < -0.4 is 10.6 Å².